The molecule has 3 N–H and O–H groups in total. The van der Waals surface area contributed by atoms with Crippen LogP contribution in [0.25, 0.3) is 0 Å². The molecule has 0 saturated carbocycles. The van der Waals surface area contributed by atoms with Crippen LogP contribution in [0.15, 0.2) is 48.7 Å². The van der Waals surface area contributed by atoms with E-state index < -0.39 is 0 Å². The number of urea groups is 1. The summed E-state index contributed by atoms with van der Waals surface area (Å²) in [5.74, 6) is 0.0362. The van der Waals surface area contributed by atoms with Crippen molar-refractivity contribution >= 4 is 23.3 Å². The number of pyridine rings is 1. The first-order valence-corrected chi connectivity index (χ1v) is 9.11. The molecule has 1 aliphatic heterocycles. The number of piperidine rings is 1. The van der Waals surface area contributed by atoms with E-state index in [9.17, 15) is 9.90 Å². The summed E-state index contributed by atoms with van der Waals surface area (Å²) >= 11 is 5.95. The molecule has 2 heterocycles. The van der Waals surface area contributed by atoms with Crippen LogP contribution in [0, 0.1) is 0 Å². The van der Waals surface area contributed by atoms with E-state index in [-0.39, 0.29) is 24.6 Å². The number of rotatable bonds is 5. The Bertz CT molecular complexity index is 711. The molecule has 2 amide bonds. The summed E-state index contributed by atoms with van der Waals surface area (Å²) < 4.78 is 0. The van der Waals surface area contributed by atoms with E-state index in [4.69, 9.17) is 11.6 Å². The number of aliphatic hydroxyl groups is 1. The van der Waals surface area contributed by atoms with Gasteiger partial charge in [0.2, 0.25) is 0 Å². The number of carbonyl (C=O) groups is 1. The van der Waals surface area contributed by atoms with Gasteiger partial charge in [-0.25, -0.2) is 4.79 Å². The van der Waals surface area contributed by atoms with Gasteiger partial charge in [-0.2, -0.15) is 0 Å². The Kier molecular flexibility index (Phi) is 6.44. The lowest BCUT2D eigenvalue weighted by Gasteiger charge is -2.38. The lowest BCUT2D eigenvalue weighted by molar-refractivity contribution is 0.141. The maximum Gasteiger partial charge on any atom is 0.319 e. The molecular weight excluding hydrogens is 352 g/mol. The lowest BCUT2D eigenvalue weighted by atomic mass is 9.89. The van der Waals surface area contributed by atoms with Gasteiger partial charge < -0.3 is 20.6 Å². The maximum atomic E-state index is 12.4. The van der Waals surface area contributed by atoms with E-state index in [1.54, 1.807) is 6.20 Å². The van der Waals surface area contributed by atoms with Crippen molar-refractivity contribution in [3.8, 4) is 0 Å². The van der Waals surface area contributed by atoms with Crippen molar-refractivity contribution in [2.75, 3.05) is 31.6 Å². The minimum Gasteiger partial charge on any atom is -0.395 e. The number of hydrogen-bond donors (Lipinski definition) is 3. The second kappa shape index (κ2) is 8.98. The lowest BCUT2D eigenvalue weighted by Crippen LogP contribution is -2.51. The van der Waals surface area contributed by atoms with Crippen LogP contribution in [-0.2, 0) is 0 Å². The zero-order chi connectivity index (χ0) is 18.4. The molecule has 1 fully saturated rings. The van der Waals surface area contributed by atoms with Crippen LogP contribution in [0.5, 0.6) is 0 Å². The van der Waals surface area contributed by atoms with Crippen molar-refractivity contribution < 1.29 is 9.90 Å². The summed E-state index contributed by atoms with van der Waals surface area (Å²) in [4.78, 5) is 19.0. The summed E-state index contributed by atoms with van der Waals surface area (Å²) in [7, 11) is 0. The number of aromatic nitrogens is 1. The second-order valence-electron chi connectivity index (χ2n) is 6.39. The summed E-state index contributed by atoms with van der Waals surface area (Å²) in [6.07, 6.45) is 2.42. The first kappa shape index (κ1) is 18.6. The number of amides is 2. The molecule has 2 aromatic rings. The first-order valence-electron chi connectivity index (χ1n) is 8.73. The number of likely N-dealkylation sites (tertiary alicyclic amines) is 1. The van der Waals surface area contributed by atoms with E-state index in [1.807, 2.05) is 42.5 Å². The Morgan fingerprint density at radius 1 is 1.27 bits per heavy atom. The molecule has 3 rings (SSSR count). The van der Waals surface area contributed by atoms with Crippen molar-refractivity contribution in [3.05, 3.63) is 59.4 Å². The topological polar surface area (TPSA) is 77.5 Å². The molecular formula is C19H23ClN4O2. The van der Waals surface area contributed by atoms with Gasteiger partial charge in [-0.1, -0.05) is 29.8 Å². The van der Waals surface area contributed by atoms with Crippen LogP contribution in [0.2, 0.25) is 5.02 Å². The number of benzene rings is 1. The summed E-state index contributed by atoms with van der Waals surface area (Å²) in [5, 5.41) is 15.8. The van der Waals surface area contributed by atoms with Crippen LogP contribution in [-0.4, -0.2) is 53.3 Å². The van der Waals surface area contributed by atoms with E-state index in [0.717, 1.165) is 30.9 Å². The molecule has 1 aromatic heterocycles. The van der Waals surface area contributed by atoms with E-state index >= 15 is 0 Å². The van der Waals surface area contributed by atoms with Gasteiger partial charge in [0, 0.05) is 49.2 Å². The average Bonchev–Trinajstić information content (AvgIpc) is 2.65. The zero-order valence-electron chi connectivity index (χ0n) is 14.4. The highest BCUT2D eigenvalue weighted by molar-refractivity contribution is 6.30. The summed E-state index contributed by atoms with van der Waals surface area (Å²) in [6.45, 7) is 2.28. The maximum absolute atomic E-state index is 12.4. The van der Waals surface area contributed by atoms with Crippen LogP contribution in [0.1, 0.15) is 18.0 Å². The number of halogens is 1. The SMILES string of the molecule is O=C(Nc1ccccc1)N[C@@H]1CCN(CCO)C[C@H]1c1ccc(Cl)cn1. The fraction of sp³-hybridized carbons (Fsp3) is 0.368. The number of β-amino-alcohol motifs (C(OH)–C–C–N with tert-alkyl or cyclic N) is 1. The number of nitrogens with zero attached hydrogens (tertiary/aromatic N) is 2. The number of hydrogen-bond acceptors (Lipinski definition) is 4. The van der Waals surface area contributed by atoms with E-state index in [0.29, 0.717) is 11.6 Å². The molecule has 0 radical (unpaired) electrons. The molecule has 0 aliphatic carbocycles. The number of aliphatic hydroxyl groups excluding tert-OH is 1. The average molecular weight is 375 g/mol. The molecule has 1 aromatic carbocycles. The van der Waals surface area contributed by atoms with Gasteiger partial charge in [0.05, 0.1) is 11.6 Å². The monoisotopic (exact) mass is 374 g/mol. The third kappa shape index (κ3) is 4.94. The molecule has 7 heteroatoms. The first-order chi connectivity index (χ1) is 12.7. The zero-order valence-corrected chi connectivity index (χ0v) is 15.2. The number of carbonyl (C=O) groups excluding carboxylic acids is 1. The second-order valence-corrected chi connectivity index (χ2v) is 6.83. The molecule has 2 atom stereocenters. The van der Waals surface area contributed by atoms with Gasteiger partial charge in [-0.3, -0.25) is 4.98 Å². The van der Waals surface area contributed by atoms with Crippen LogP contribution in [0.4, 0.5) is 10.5 Å². The molecule has 138 valence electrons. The third-order valence-electron chi connectivity index (χ3n) is 4.59. The summed E-state index contributed by atoms with van der Waals surface area (Å²) in [5.41, 5.74) is 1.64. The quantitative estimate of drug-likeness (QED) is 0.752. The Labute approximate surface area is 158 Å². The Hall–Kier alpha value is -2.15. The fourth-order valence-corrected chi connectivity index (χ4v) is 3.41. The third-order valence-corrected chi connectivity index (χ3v) is 4.82. The largest absolute Gasteiger partial charge is 0.395 e. The number of anilines is 1. The highest BCUT2D eigenvalue weighted by Gasteiger charge is 2.32. The Balaban J connectivity index is 1.70. The molecule has 6 nitrogen and oxygen atoms in total. The Morgan fingerprint density at radius 2 is 2.08 bits per heavy atom. The van der Waals surface area contributed by atoms with E-state index in [1.165, 1.54) is 0 Å². The normalized spacial score (nSPS) is 20.5. The smallest absolute Gasteiger partial charge is 0.319 e. The standard InChI is InChI=1S/C19H23ClN4O2/c20-14-6-7-17(21-12-14)16-13-24(10-11-25)9-8-18(16)23-19(26)22-15-4-2-1-3-5-15/h1-7,12,16,18,25H,8-11,13H2,(H2,22,23,26)/t16-,18+/m0/s1. The highest BCUT2D eigenvalue weighted by Crippen LogP contribution is 2.27. The van der Waals surface area contributed by atoms with Gasteiger partial charge in [0.15, 0.2) is 0 Å². The van der Waals surface area contributed by atoms with Crippen LogP contribution >= 0.6 is 11.6 Å². The van der Waals surface area contributed by atoms with Gasteiger partial charge in [-0.05, 0) is 30.7 Å². The highest BCUT2D eigenvalue weighted by atomic mass is 35.5. The number of para-hydroxylation sites is 1. The predicted molar refractivity (Wildman–Crippen MR) is 103 cm³/mol. The van der Waals surface area contributed by atoms with Crippen molar-refractivity contribution in [2.24, 2.45) is 0 Å². The Morgan fingerprint density at radius 3 is 2.77 bits per heavy atom. The predicted octanol–water partition coefficient (Wildman–Crippen LogP) is 2.71. The molecule has 0 spiro atoms. The minimum absolute atomic E-state index is 0.0362. The van der Waals surface area contributed by atoms with E-state index in [2.05, 4.69) is 20.5 Å². The molecule has 1 aliphatic rings. The van der Waals surface area contributed by atoms with Gasteiger partial charge in [0.1, 0.15) is 0 Å². The van der Waals surface area contributed by atoms with Gasteiger partial charge in [-0.15, -0.1) is 0 Å². The summed E-state index contributed by atoms with van der Waals surface area (Å²) in [6, 6.07) is 12.8. The minimum atomic E-state index is -0.226. The fourth-order valence-electron chi connectivity index (χ4n) is 3.30. The van der Waals surface area contributed by atoms with Crippen LogP contribution in [0.3, 0.4) is 0 Å². The van der Waals surface area contributed by atoms with Crippen LogP contribution < -0.4 is 10.6 Å². The van der Waals surface area contributed by atoms with Crippen molar-refractivity contribution in [1.82, 2.24) is 15.2 Å². The molecule has 0 bridgehead atoms. The van der Waals surface area contributed by atoms with Gasteiger partial charge in [0.25, 0.3) is 0 Å². The van der Waals surface area contributed by atoms with Crippen molar-refractivity contribution in [1.29, 1.82) is 0 Å². The molecule has 0 unspecified atom stereocenters. The molecule has 26 heavy (non-hydrogen) atoms. The van der Waals surface area contributed by atoms with Crippen molar-refractivity contribution in [2.45, 2.75) is 18.4 Å². The number of nitrogens with one attached hydrogen (secondary N) is 2. The molecule has 1 saturated heterocycles. The van der Waals surface area contributed by atoms with Crippen molar-refractivity contribution in [3.63, 3.8) is 0 Å². The van der Waals surface area contributed by atoms with Gasteiger partial charge >= 0.3 is 6.03 Å².